The second-order valence-corrected chi connectivity index (χ2v) is 8.11. The van der Waals surface area contributed by atoms with E-state index in [1.807, 2.05) is 6.07 Å². The first-order valence-electron chi connectivity index (χ1n) is 8.60. The van der Waals surface area contributed by atoms with Crippen molar-refractivity contribution in [2.45, 2.75) is 31.2 Å². The number of alkyl halides is 2. The van der Waals surface area contributed by atoms with E-state index in [1.54, 1.807) is 38.1 Å². The summed E-state index contributed by atoms with van der Waals surface area (Å²) in [7, 11) is 3.34. The van der Waals surface area contributed by atoms with Crippen molar-refractivity contribution in [2.24, 2.45) is 10.7 Å². The molecule has 1 heterocycles. The molecule has 0 saturated heterocycles. The van der Waals surface area contributed by atoms with Crippen LogP contribution in [0.1, 0.15) is 40.6 Å². The zero-order valence-electron chi connectivity index (χ0n) is 16.4. The van der Waals surface area contributed by atoms with Crippen molar-refractivity contribution in [1.82, 2.24) is 4.90 Å². The highest BCUT2D eigenvalue weighted by Crippen LogP contribution is 2.43. The Morgan fingerprint density at radius 1 is 1.31 bits per heavy atom. The Kier molecular flexibility index (Phi) is 6.38. The Hall–Kier alpha value is -2.86. The van der Waals surface area contributed by atoms with Gasteiger partial charge in [0.05, 0.1) is 11.5 Å². The van der Waals surface area contributed by atoms with Gasteiger partial charge in [-0.2, -0.15) is 5.26 Å². The highest BCUT2D eigenvalue weighted by molar-refractivity contribution is 7.12. The lowest BCUT2D eigenvalue weighted by molar-refractivity contribution is -0.110. The van der Waals surface area contributed by atoms with Crippen molar-refractivity contribution in [2.75, 3.05) is 14.1 Å². The van der Waals surface area contributed by atoms with Crippen LogP contribution in [0.4, 0.5) is 13.2 Å². The summed E-state index contributed by atoms with van der Waals surface area (Å²) in [6, 6.07) is 8.43. The molecule has 1 aromatic carbocycles. The van der Waals surface area contributed by atoms with Crippen molar-refractivity contribution in [1.29, 1.82) is 5.26 Å². The molecule has 0 amide bonds. The minimum Gasteiger partial charge on any atom is -0.370 e. The Balaban J connectivity index is 2.68. The molecule has 1 aromatic heterocycles. The molecule has 0 aliphatic rings. The Morgan fingerprint density at radius 2 is 1.97 bits per heavy atom. The van der Waals surface area contributed by atoms with E-state index in [0.717, 1.165) is 23.5 Å². The SMILES string of the molecule is CN(C)C(N)=NC(C)(c1ccc(C#N)s1)C(C=O)c1ccc(C(C)(F)F)c(F)c1. The summed E-state index contributed by atoms with van der Waals surface area (Å²) < 4.78 is 41.5. The third-order valence-corrected chi connectivity index (χ3v) is 5.80. The normalized spacial score (nSPS) is 15.3. The van der Waals surface area contributed by atoms with Crippen molar-refractivity contribution in [3.05, 3.63) is 57.0 Å². The van der Waals surface area contributed by atoms with Crippen LogP contribution in [-0.2, 0) is 16.3 Å². The summed E-state index contributed by atoms with van der Waals surface area (Å²) in [5.41, 5.74) is 4.13. The summed E-state index contributed by atoms with van der Waals surface area (Å²) in [6.45, 7) is 2.24. The number of carbonyl (C=O) groups is 1. The smallest absolute Gasteiger partial charge is 0.273 e. The molecule has 0 spiro atoms. The minimum absolute atomic E-state index is 0.114. The second-order valence-electron chi connectivity index (χ2n) is 7.03. The molecule has 0 radical (unpaired) electrons. The number of hydrogen-bond donors (Lipinski definition) is 1. The molecule has 0 fully saturated rings. The number of aldehydes is 1. The molecule has 2 unspecified atom stereocenters. The molecule has 9 heteroatoms. The number of thiophene rings is 1. The largest absolute Gasteiger partial charge is 0.370 e. The van der Waals surface area contributed by atoms with Crippen LogP contribution < -0.4 is 5.73 Å². The molecule has 0 bridgehead atoms. The first-order valence-corrected chi connectivity index (χ1v) is 9.41. The molecule has 29 heavy (non-hydrogen) atoms. The first kappa shape index (κ1) is 22.4. The number of hydrogen-bond acceptors (Lipinski definition) is 4. The fourth-order valence-corrected chi connectivity index (χ4v) is 3.84. The topological polar surface area (TPSA) is 82.5 Å². The number of nitrogens with zero attached hydrogens (tertiary/aromatic N) is 3. The average molecular weight is 422 g/mol. The summed E-state index contributed by atoms with van der Waals surface area (Å²) in [6.07, 6.45) is 0.580. The molecule has 5 nitrogen and oxygen atoms in total. The zero-order chi connectivity index (χ0) is 22.0. The average Bonchev–Trinajstić information content (AvgIpc) is 3.11. The third-order valence-electron chi connectivity index (χ3n) is 4.59. The number of guanidine groups is 1. The molecule has 154 valence electrons. The van der Waals surface area contributed by atoms with E-state index < -0.39 is 28.8 Å². The van der Waals surface area contributed by atoms with Crippen LogP contribution in [0.2, 0.25) is 0 Å². The van der Waals surface area contributed by atoms with Crippen molar-refractivity contribution in [3.63, 3.8) is 0 Å². The Bertz CT molecular complexity index is 975. The fourth-order valence-electron chi connectivity index (χ4n) is 2.90. The maximum atomic E-state index is 14.4. The zero-order valence-corrected chi connectivity index (χ0v) is 17.2. The van der Waals surface area contributed by atoms with Gasteiger partial charge < -0.3 is 15.4 Å². The second kappa shape index (κ2) is 8.25. The van der Waals surface area contributed by atoms with E-state index >= 15 is 0 Å². The summed E-state index contributed by atoms with van der Waals surface area (Å²) in [5.74, 6) is -5.38. The van der Waals surface area contributed by atoms with Gasteiger partial charge in [-0.05, 0) is 36.8 Å². The lowest BCUT2D eigenvalue weighted by Gasteiger charge is -2.32. The van der Waals surface area contributed by atoms with Gasteiger partial charge in [-0.15, -0.1) is 11.3 Å². The van der Waals surface area contributed by atoms with Crippen molar-refractivity contribution < 1.29 is 18.0 Å². The number of rotatable bonds is 6. The number of aliphatic imine (C=N–C) groups is 1. The molecule has 0 aliphatic carbocycles. The lowest BCUT2D eigenvalue weighted by atomic mass is 9.80. The highest BCUT2D eigenvalue weighted by Gasteiger charge is 2.40. The maximum Gasteiger partial charge on any atom is 0.273 e. The molecule has 2 rings (SSSR count). The number of halogens is 3. The number of carbonyl (C=O) groups excluding carboxylic acids is 1. The van der Waals surface area contributed by atoms with Gasteiger partial charge in [0.1, 0.15) is 28.6 Å². The van der Waals surface area contributed by atoms with Gasteiger partial charge in [-0.1, -0.05) is 6.07 Å². The number of nitriles is 1. The van der Waals surface area contributed by atoms with E-state index in [0.29, 0.717) is 23.0 Å². The summed E-state index contributed by atoms with van der Waals surface area (Å²) in [4.78, 5) is 19.1. The quantitative estimate of drug-likeness (QED) is 0.434. The van der Waals surface area contributed by atoms with Gasteiger partial charge in [0.15, 0.2) is 5.96 Å². The first-order chi connectivity index (χ1) is 13.4. The molecule has 2 atom stereocenters. The van der Waals surface area contributed by atoms with E-state index in [4.69, 9.17) is 11.0 Å². The highest BCUT2D eigenvalue weighted by atomic mass is 32.1. The molecule has 2 aromatic rings. The van der Waals surface area contributed by atoms with Crippen molar-refractivity contribution >= 4 is 23.6 Å². The van der Waals surface area contributed by atoms with Crippen molar-refractivity contribution in [3.8, 4) is 6.07 Å². The minimum atomic E-state index is -3.36. The summed E-state index contributed by atoms with van der Waals surface area (Å²) in [5, 5.41) is 9.14. The molecular formula is C20H21F3N4OS. The predicted molar refractivity (Wildman–Crippen MR) is 106 cm³/mol. The van der Waals surface area contributed by atoms with E-state index in [2.05, 4.69) is 4.99 Å². The van der Waals surface area contributed by atoms with Gasteiger partial charge in [0.2, 0.25) is 0 Å². The number of nitrogens with two attached hydrogens (primary N) is 1. The van der Waals surface area contributed by atoms with Crippen LogP contribution in [0, 0.1) is 17.1 Å². The van der Waals surface area contributed by atoms with Gasteiger partial charge in [-0.25, -0.2) is 18.2 Å². The van der Waals surface area contributed by atoms with Crippen LogP contribution in [0.15, 0.2) is 35.3 Å². The summed E-state index contributed by atoms with van der Waals surface area (Å²) >= 11 is 1.13. The maximum absolute atomic E-state index is 14.4. The van der Waals surface area contributed by atoms with E-state index in [9.17, 15) is 18.0 Å². The van der Waals surface area contributed by atoms with E-state index in [-0.39, 0.29) is 11.5 Å². The fraction of sp³-hybridized carbons (Fsp3) is 0.350. The van der Waals surface area contributed by atoms with Crippen LogP contribution in [0.25, 0.3) is 0 Å². The van der Waals surface area contributed by atoms with Gasteiger partial charge >= 0.3 is 0 Å². The third kappa shape index (κ3) is 4.59. The van der Waals surface area contributed by atoms with Crippen LogP contribution in [0.5, 0.6) is 0 Å². The predicted octanol–water partition coefficient (Wildman–Crippen LogP) is 3.94. The van der Waals surface area contributed by atoms with Crippen LogP contribution >= 0.6 is 11.3 Å². The van der Waals surface area contributed by atoms with Gasteiger partial charge in [0.25, 0.3) is 5.92 Å². The molecule has 0 aliphatic heterocycles. The van der Waals surface area contributed by atoms with Crippen LogP contribution in [0.3, 0.4) is 0 Å². The Labute approximate surface area is 171 Å². The molecule has 2 N–H and O–H groups in total. The molecular weight excluding hydrogens is 401 g/mol. The van der Waals surface area contributed by atoms with Crippen LogP contribution in [-0.4, -0.2) is 31.2 Å². The van der Waals surface area contributed by atoms with E-state index in [1.165, 1.54) is 6.07 Å². The van der Waals surface area contributed by atoms with Gasteiger partial charge in [0, 0.05) is 25.9 Å². The monoisotopic (exact) mass is 422 g/mol. The lowest BCUT2D eigenvalue weighted by Crippen LogP contribution is -2.37. The standard InChI is InChI=1S/C20H21F3N4OS/c1-19(26-18(25)27(3)4,17-8-6-13(10-24)29-17)15(11-28)12-5-7-14(16(21)9-12)20(2,22)23/h5-9,11,15H,1-4H3,(H2,25,26). The number of benzene rings is 1. The Morgan fingerprint density at radius 3 is 2.41 bits per heavy atom. The molecule has 0 saturated carbocycles. The van der Waals surface area contributed by atoms with Gasteiger partial charge in [-0.3, -0.25) is 0 Å².